The van der Waals surface area contributed by atoms with E-state index in [1.165, 1.54) is 0 Å². The van der Waals surface area contributed by atoms with Crippen LogP contribution in [-0.4, -0.2) is 41.0 Å². The lowest BCUT2D eigenvalue weighted by atomic mass is 10.4. The fourth-order valence-electron chi connectivity index (χ4n) is 1.23. The highest BCUT2D eigenvalue weighted by Gasteiger charge is 2.10. The molecule has 0 atom stereocenters. The highest BCUT2D eigenvalue weighted by Crippen LogP contribution is 1.88. The Kier molecular flexibility index (Phi) is 5.73. The molecule has 0 aliphatic carbocycles. The summed E-state index contributed by atoms with van der Waals surface area (Å²) in [6, 6.07) is 0. The number of carbonyl (C=O) groups is 2. The van der Waals surface area contributed by atoms with Crippen molar-refractivity contribution in [3.63, 3.8) is 0 Å². The second-order valence-electron chi connectivity index (χ2n) is 3.45. The van der Waals surface area contributed by atoms with Crippen molar-refractivity contribution in [2.24, 2.45) is 5.73 Å². The summed E-state index contributed by atoms with van der Waals surface area (Å²) in [4.78, 5) is 26.3. The monoisotopic (exact) mass is 239 g/mol. The number of aromatic nitrogens is 2. The highest BCUT2D eigenvalue weighted by atomic mass is 16.2. The third-order valence-electron chi connectivity index (χ3n) is 2.07. The molecule has 7 nitrogen and oxygen atoms in total. The molecule has 0 radical (unpaired) electrons. The largest absolute Gasteiger partial charge is 0.348 e. The van der Waals surface area contributed by atoms with Gasteiger partial charge in [0.2, 0.25) is 0 Å². The molecule has 0 saturated heterocycles. The average molecular weight is 239 g/mol. The minimum atomic E-state index is -0.641. The number of hydrogen-bond acceptors (Lipinski definition) is 4. The van der Waals surface area contributed by atoms with Gasteiger partial charge in [0.1, 0.15) is 0 Å². The number of hydrogen-bond donors (Lipinski definition) is 3. The van der Waals surface area contributed by atoms with Crippen LogP contribution in [0.2, 0.25) is 0 Å². The Hall–Kier alpha value is -1.89. The fourth-order valence-corrected chi connectivity index (χ4v) is 1.23. The number of rotatable bonds is 6. The summed E-state index contributed by atoms with van der Waals surface area (Å²) < 4.78 is 1.90. The molecule has 0 spiro atoms. The molecule has 0 aromatic carbocycles. The number of carbonyl (C=O) groups excluding carboxylic acids is 2. The van der Waals surface area contributed by atoms with Crippen LogP contribution in [0.3, 0.4) is 0 Å². The van der Waals surface area contributed by atoms with Gasteiger partial charge in [-0.3, -0.25) is 9.59 Å². The van der Waals surface area contributed by atoms with Gasteiger partial charge in [-0.1, -0.05) is 0 Å². The molecular weight excluding hydrogens is 222 g/mol. The second kappa shape index (κ2) is 7.39. The van der Waals surface area contributed by atoms with Crippen molar-refractivity contribution in [1.82, 2.24) is 20.2 Å². The molecule has 0 bridgehead atoms. The van der Waals surface area contributed by atoms with Gasteiger partial charge in [0.15, 0.2) is 0 Å². The fraction of sp³-hybridized carbons (Fsp3) is 0.500. The minimum absolute atomic E-state index is 0.307. The maximum absolute atomic E-state index is 11.2. The lowest BCUT2D eigenvalue weighted by Crippen LogP contribution is -2.42. The molecular formula is C10H17N5O2. The van der Waals surface area contributed by atoms with Gasteiger partial charge in [0.25, 0.3) is 0 Å². The van der Waals surface area contributed by atoms with Crippen LogP contribution in [0.15, 0.2) is 18.7 Å². The van der Waals surface area contributed by atoms with E-state index in [-0.39, 0.29) is 0 Å². The molecule has 2 amide bonds. The molecule has 7 heteroatoms. The molecule has 0 aliphatic rings. The molecule has 0 saturated carbocycles. The number of nitrogens with two attached hydrogens (primary N) is 1. The number of amides is 2. The summed E-state index contributed by atoms with van der Waals surface area (Å²) in [5.74, 6) is -1.26. The Morgan fingerprint density at radius 3 is 2.53 bits per heavy atom. The molecule has 1 aromatic rings. The maximum Gasteiger partial charge on any atom is 0.309 e. The zero-order valence-corrected chi connectivity index (χ0v) is 9.56. The molecule has 1 heterocycles. The Morgan fingerprint density at radius 1 is 1.24 bits per heavy atom. The maximum atomic E-state index is 11.2. The van der Waals surface area contributed by atoms with Crippen molar-refractivity contribution in [2.45, 2.75) is 13.0 Å². The zero-order valence-electron chi connectivity index (χ0n) is 9.56. The van der Waals surface area contributed by atoms with Gasteiger partial charge in [0.05, 0.1) is 6.33 Å². The Balaban J connectivity index is 2.09. The van der Waals surface area contributed by atoms with Crippen molar-refractivity contribution in [3.05, 3.63) is 18.7 Å². The first-order valence-corrected chi connectivity index (χ1v) is 5.46. The second-order valence-corrected chi connectivity index (χ2v) is 3.45. The molecule has 4 N–H and O–H groups in total. The quantitative estimate of drug-likeness (QED) is 0.414. The van der Waals surface area contributed by atoms with E-state index in [0.29, 0.717) is 19.6 Å². The van der Waals surface area contributed by atoms with Crippen LogP contribution in [0.25, 0.3) is 0 Å². The first-order chi connectivity index (χ1) is 8.24. The SMILES string of the molecule is NCCNC(=O)C(=O)NCCCn1ccnc1. The predicted molar refractivity (Wildman–Crippen MR) is 61.9 cm³/mol. The van der Waals surface area contributed by atoms with Crippen LogP contribution in [0, 0.1) is 0 Å². The Bertz CT molecular complexity index is 350. The lowest BCUT2D eigenvalue weighted by molar-refractivity contribution is -0.139. The zero-order chi connectivity index (χ0) is 12.5. The molecule has 94 valence electrons. The van der Waals surface area contributed by atoms with E-state index in [9.17, 15) is 9.59 Å². The summed E-state index contributed by atoms with van der Waals surface area (Å²) in [5.41, 5.74) is 5.20. The van der Waals surface area contributed by atoms with Crippen LogP contribution in [-0.2, 0) is 16.1 Å². The smallest absolute Gasteiger partial charge is 0.309 e. The van der Waals surface area contributed by atoms with Crippen LogP contribution >= 0.6 is 0 Å². The molecule has 1 aromatic heterocycles. The van der Waals surface area contributed by atoms with Gasteiger partial charge in [-0.15, -0.1) is 0 Å². The van der Waals surface area contributed by atoms with Crippen LogP contribution in [0.5, 0.6) is 0 Å². The van der Waals surface area contributed by atoms with E-state index < -0.39 is 11.8 Å². The van der Waals surface area contributed by atoms with Crippen LogP contribution in [0.1, 0.15) is 6.42 Å². The molecule has 0 unspecified atom stereocenters. The van der Waals surface area contributed by atoms with Crippen molar-refractivity contribution in [2.75, 3.05) is 19.6 Å². The van der Waals surface area contributed by atoms with Crippen LogP contribution < -0.4 is 16.4 Å². The minimum Gasteiger partial charge on any atom is -0.348 e. The summed E-state index contributed by atoms with van der Waals surface area (Å²) >= 11 is 0. The molecule has 17 heavy (non-hydrogen) atoms. The van der Waals surface area contributed by atoms with E-state index in [1.54, 1.807) is 12.5 Å². The van der Waals surface area contributed by atoms with E-state index in [2.05, 4.69) is 15.6 Å². The topological polar surface area (TPSA) is 102 Å². The number of imidazole rings is 1. The first-order valence-electron chi connectivity index (χ1n) is 5.46. The van der Waals surface area contributed by atoms with Crippen molar-refractivity contribution < 1.29 is 9.59 Å². The Labute approximate surface area is 99.4 Å². The van der Waals surface area contributed by atoms with E-state index >= 15 is 0 Å². The first kappa shape index (κ1) is 13.2. The van der Waals surface area contributed by atoms with E-state index in [1.807, 2.05) is 10.8 Å². The summed E-state index contributed by atoms with van der Waals surface area (Å²) in [5, 5.41) is 4.92. The molecule has 0 aliphatic heterocycles. The van der Waals surface area contributed by atoms with Gasteiger partial charge in [-0.25, -0.2) is 4.98 Å². The predicted octanol–water partition coefficient (Wildman–Crippen LogP) is -1.54. The lowest BCUT2D eigenvalue weighted by Gasteiger charge is -2.05. The van der Waals surface area contributed by atoms with Gasteiger partial charge >= 0.3 is 11.8 Å². The third-order valence-corrected chi connectivity index (χ3v) is 2.07. The highest BCUT2D eigenvalue weighted by molar-refractivity contribution is 6.35. The normalized spacial score (nSPS) is 9.94. The van der Waals surface area contributed by atoms with E-state index in [4.69, 9.17) is 5.73 Å². The Morgan fingerprint density at radius 2 is 1.94 bits per heavy atom. The number of nitrogens with one attached hydrogen (secondary N) is 2. The average Bonchev–Trinajstić information content (AvgIpc) is 2.84. The third kappa shape index (κ3) is 5.12. The standard InChI is InChI=1S/C10H17N5O2/c11-2-4-14-10(17)9(16)13-3-1-6-15-7-5-12-8-15/h5,7-8H,1-4,6,11H2,(H,13,16)(H,14,17). The van der Waals surface area contributed by atoms with Gasteiger partial charge < -0.3 is 20.9 Å². The number of nitrogens with zero attached hydrogens (tertiary/aromatic N) is 2. The van der Waals surface area contributed by atoms with Gasteiger partial charge in [-0.05, 0) is 6.42 Å². The molecule has 1 rings (SSSR count). The van der Waals surface area contributed by atoms with Crippen molar-refractivity contribution >= 4 is 11.8 Å². The molecule has 0 fully saturated rings. The number of aryl methyl sites for hydroxylation is 1. The van der Waals surface area contributed by atoms with Gasteiger partial charge in [-0.2, -0.15) is 0 Å². The van der Waals surface area contributed by atoms with Crippen LogP contribution in [0.4, 0.5) is 0 Å². The summed E-state index contributed by atoms with van der Waals surface area (Å²) in [6.45, 7) is 1.83. The van der Waals surface area contributed by atoms with Gasteiger partial charge in [0, 0.05) is 38.6 Å². The van der Waals surface area contributed by atoms with E-state index in [0.717, 1.165) is 13.0 Å². The summed E-state index contributed by atoms with van der Waals surface area (Å²) in [6.07, 6.45) is 5.98. The van der Waals surface area contributed by atoms with Crippen molar-refractivity contribution in [3.8, 4) is 0 Å². The van der Waals surface area contributed by atoms with Crippen molar-refractivity contribution in [1.29, 1.82) is 0 Å². The summed E-state index contributed by atoms with van der Waals surface area (Å²) in [7, 11) is 0.